The molecule has 5 atom stereocenters. The number of hydrogen-bond donors (Lipinski definition) is 1. The summed E-state index contributed by atoms with van der Waals surface area (Å²) in [6.07, 6.45) is -3.11. The highest BCUT2D eigenvalue weighted by Gasteiger charge is 2.51. The number of hydrogen-bond acceptors (Lipinski definition) is 7. The zero-order valence-corrected chi connectivity index (χ0v) is 9.65. The van der Waals surface area contributed by atoms with Crippen molar-refractivity contribution in [3.63, 3.8) is 0 Å². The van der Waals surface area contributed by atoms with Crippen LogP contribution in [-0.4, -0.2) is 57.0 Å². The summed E-state index contributed by atoms with van der Waals surface area (Å²) in [5.41, 5.74) is 8.41. The van der Waals surface area contributed by atoms with E-state index in [4.69, 9.17) is 19.2 Å². The van der Waals surface area contributed by atoms with Crippen molar-refractivity contribution in [2.75, 3.05) is 12.9 Å². The number of rotatable bonds is 3. The van der Waals surface area contributed by atoms with Crippen molar-refractivity contribution < 1.29 is 27.2 Å². The molecule has 2 aliphatic heterocycles. The van der Waals surface area contributed by atoms with Gasteiger partial charge in [0, 0.05) is 4.91 Å². The summed E-state index contributed by atoms with van der Waals surface area (Å²) in [6.45, 7) is 0.104. The fourth-order valence-corrected chi connectivity index (χ4v) is 2.49. The van der Waals surface area contributed by atoms with E-state index in [1.165, 1.54) is 0 Å². The molecular formula is C7H11N3O6S. The standard InChI is InChI=1S/C7H11N3O6S/c1-17(12,13)16-6-4(9-10-8)7-14-2-3(15-7)5(6)11/h3-7,11H,2H2,1H3/t3-,4-,5+,6-,7-/m1/s1. The zero-order chi connectivity index (χ0) is 12.6. The second-order valence-corrected chi connectivity index (χ2v) is 5.43. The molecule has 2 heterocycles. The maximum Gasteiger partial charge on any atom is 0.264 e. The second-order valence-electron chi connectivity index (χ2n) is 3.83. The van der Waals surface area contributed by atoms with Gasteiger partial charge in [-0.1, -0.05) is 5.11 Å². The van der Waals surface area contributed by atoms with Gasteiger partial charge in [0.05, 0.1) is 12.9 Å². The van der Waals surface area contributed by atoms with Crippen molar-refractivity contribution in [3.8, 4) is 0 Å². The van der Waals surface area contributed by atoms with E-state index in [-0.39, 0.29) is 6.61 Å². The van der Waals surface area contributed by atoms with E-state index in [1.54, 1.807) is 0 Å². The lowest BCUT2D eigenvalue weighted by molar-refractivity contribution is -0.170. The van der Waals surface area contributed by atoms with Crippen LogP contribution in [0, 0.1) is 0 Å². The number of azide groups is 1. The Balaban J connectivity index is 2.28. The summed E-state index contributed by atoms with van der Waals surface area (Å²) in [6, 6.07) is -1.04. The molecule has 9 nitrogen and oxygen atoms in total. The van der Waals surface area contributed by atoms with Crippen molar-refractivity contribution in [2.24, 2.45) is 5.11 Å². The number of nitrogens with zero attached hydrogens (tertiary/aromatic N) is 3. The molecule has 0 spiro atoms. The molecule has 2 bridgehead atoms. The lowest BCUT2D eigenvalue weighted by Gasteiger charge is -2.35. The van der Waals surface area contributed by atoms with E-state index in [9.17, 15) is 13.5 Å². The highest BCUT2D eigenvalue weighted by molar-refractivity contribution is 7.86. The molecule has 0 aromatic carbocycles. The van der Waals surface area contributed by atoms with Crippen molar-refractivity contribution in [1.29, 1.82) is 0 Å². The predicted octanol–water partition coefficient (Wildman–Crippen LogP) is -0.874. The van der Waals surface area contributed by atoms with Gasteiger partial charge >= 0.3 is 0 Å². The summed E-state index contributed by atoms with van der Waals surface area (Å²) in [5.74, 6) is 0. The van der Waals surface area contributed by atoms with Gasteiger partial charge in [-0.05, 0) is 5.53 Å². The average molecular weight is 265 g/mol. The van der Waals surface area contributed by atoms with Gasteiger partial charge in [-0.2, -0.15) is 8.42 Å². The first-order valence-corrected chi connectivity index (χ1v) is 6.61. The number of fused-ring (bicyclic) bond motifs is 2. The van der Waals surface area contributed by atoms with Crippen LogP contribution in [0.3, 0.4) is 0 Å². The van der Waals surface area contributed by atoms with Crippen LogP contribution in [0.15, 0.2) is 5.11 Å². The molecular weight excluding hydrogens is 254 g/mol. The Morgan fingerprint density at radius 2 is 2.29 bits per heavy atom. The van der Waals surface area contributed by atoms with E-state index < -0.39 is 40.8 Å². The smallest absolute Gasteiger partial charge is 0.264 e. The summed E-state index contributed by atoms with van der Waals surface area (Å²) in [4.78, 5) is 2.57. The van der Waals surface area contributed by atoms with Gasteiger partial charge in [0.25, 0.3) is 10.1 Å². The summed E-state index contributed by atoms with van der Waals surface area (Å²) in [5, 5.41) is 13.2. The molecule has 17 heavy (non-hydrogen) atoms. The quantitative estimate of drug-likeness (QED) is 0.305. The molecule has 0 unspecified atom stereocenters. The van der Waals surface area contributed by atoms with Crippen molar-refractivity contribution in [1.82, 2.24) is 0 Å². The van der Waals surface area contributed by atoms with Gasteiger partial charge in [-0.15, -0.1) is 0 Å². The second kappa shape index (κ2) is 4.41. The third kappa shape index (κ3) is 2.51. The van der Waals surface area contributed by atoms with Gasteiger partial charge in [-0.25, -0.2) is 0 Å². The van der Waals surface area contributed by atoms with Crippen LogP contribution < -0.4 is 0 Å². The van der Waals surface area contributed by atoms with E-state index in [0.717, 1.165) is 6.26 Å². The molecule has 0 aromatic rings. The number of aliphatic hydroxyl groups is 1. The normalized spacial score (nSPS) is 40.9. The van der Waals surface area contributed by atoms with Crippen molar-refractivity contribution >= 4 is 10.1 Å². The Kier molecular flexibility index (Phi) is 3.25. The van der Waals surface area contributed by atoms with Gasteiger partial charge in [0.1, 0.15) is 24.4 Å². The minimum atomic E-state index is -3.78. The topological polar surface area (TPSA) is 131 Å². The zero-order valence-electron chi connectivity index (χ0n) is 8.83. The van der Waals surface area contributed by atoms with Gasteiger partial charge < -0.3 is 14.6 Å². The molecule has 0 radical (unpaired) electrons. The number of ether oxygens (including phenoxy) is 2. The van der Waals surface area contributed by atoms with Crippen LogP contribution >= 0.6 is 0 Å². The molecule has 1 N–H and O–H groups in total. The Morgan fingerprint density at radius 3 is 2.88 bits per heavy atom. The van der Waals surface area contributed by atoms with E-state index in [1.807, 2.05) is 0 Å². The Labute approximate surface area is 97.0 Å². The minimum absolute atomic E-state index is 0.104. The molecule has 2 aliphatic rings. The molecule has 0 aromatic heterocycles. The molecule has 96 valence electrons. The molecule has 2 fully saturated rings. The Hall–Kier alpha value is -0.900. The van der Waals surface area contributed by atoms with Crippen molar-refractivity contribution in [2.45, 2.75) is 30.6 Å². The van der Waals surface area contributed by atoms with Crippen molar-refractivity contribution in [3.05, 3.63) is 10.4 Å². The Morgan fingerprint density at radius 1 is 1.59 bits per heavy atom. The summed E-state index contributed by atoms with van der Waals surface area (Å²) in [7, 11) is -3.78. The molecule has 10 heteroatoms. The van der Waals surface area contributed by atoms with E-state index in [0.29, 0.717) is 0 Å². The first-order chi connectivity index (χ1) is 7.92. The summed E-state index contributed by atoms with van der Waals surface area (Å²) >= 11 is 0. The lowest BCUT2D eigenvalue weighted by Crippen LogP contribution is -2.54. The van der Waals surface area contributed by atoms with Crippen LogP contribution in [0.1, 0.15) is 0 Å². The molecule has 2 saturated heterocycles. The summed E-state index contributed by atoms with van der Waals surface area (Å²) < 4.78 is 37.2. The monoisotopic (exact) mass is 265 g/mol. The average Bonchev–Trinajstić information content (AvgIpc) is 2.65. The fraction of sp³-hybridized carbons (Fsp3) is 1.00. The van der Waals surface area contributed by atoms with Crippen LogP contribution in [0.4, 0.5) is 0 Å². The molecule has 2 rings (SSSR count). The number of aliphatic hydroxyl groups excluding tert-OH is 1. The van der Waals surface area contributed by atoms with E-state index in [2.05, 4.69) is 10.0 Å². The van der Waals surface area contributed by atoms with Crippen LogP contribution in [0.2, 0.25) is 0 Å². The first-order valence-electron chi connectivity index (χ1n) is 4.80. The maximum absolute atomic E-state index is 11.1. The highest BCUT2D eigenvalue weighted by atomic mass is 32.2. The minimum Gasteiger partial charge on any atom is -0.388 e. The van der Waals surface area contributed by atoms with Crippen LogP contribution in [-0.2, 0) is 23.8 Å². The van der Waals surface area contributed by atoms with Gasteiger partial charge in [0.2, 0.25) is 0 Å². The predicted molar refractivity (Wildman–Crippen MR) is 53.3 cm³/mol. The molecule has 0 aliphatic carbocycles. The van der Waals surface area contributed by atoms with Gasteiger partial charge in [0.15, 0.2) is 6.29 Å². The molecule has 0 saturated carbocycles. The lowest BCUT2D eigenvalue weighted by atomic mass is 10.00. The fourth-order valence-electron chi connectivity index (χ4n) is 1.86. The van der Waals surface area contributed by atoms with Crippen LogP contribution in [0.25, 0.3) is 10.4 Å². The van der Waals surface area contributed by atoms with Gasteiger partial charge in [-0.3, -0.25) is 4.18 Å². The largest absolute Gasteiger partial charge is 0.388 e. The third-order valence-corrected chi connectivity index (χ3v) is 3.11. The SMILES string of the molecule is CS(=O)(=O)O[C@H]1[C@@H](O)[C@H]2CO[C@H](O2)[C@@H]1N=[N+]=[N-]. The highest BCUT2D eigenvalue weighted by Crippen LogP contribution is 2.32. The Bertz CT molecular complexity index is 447. The first kappa shape index (κ1) is 12.6. The van der Waals surface area contributed by atoms with E-state index >= 15 is 0 Å². The molecule has 0 amide bonds. The third-order valence-electron chi connectivity index (χ3n) is 2.54. The van der Waals surface area contributed by atoms with Crippen LogP contribution in [0.5, 0.6) is 0 Å². The maximum atomic E-state index is 11.1.